The minimum atomic E-state index is -0.369. The van der Waals surface area contributed by atoms with Gasteiger partial charge in [-0.15, -0.1) is 0 Å². The van der Waals surface area contributed by atoms with E-state index >= 15 is 0 Å². The molecule has 0 bridgehead atoms. The molecule has 3 aliphatic rings. The highest BCUT2D eigenvalue weighted by Crippen LogP contribution is 2.56. The summed E-state index contributed by atoms with van der Waals surface area (Å²) in [5.41, 5.74) is 3.42. The van der Waals surface area contributed by atoms with Crippen molar-refractivity contribution in [1.82, 2.24) is 0 Å². The van der Waals surface area contributed by atoms with Crippen LogP contribution in [-0.4, -0.2) is 38.0 Å². The standard InChI is InChI=1S/C16H18O5/c1-8-3-9(6-19-7-13(17)18-2)15-10(4-8)14-11(20-15)5-12-16(14)21-12/h3-4,11-12,14,16H,5-7H2,1-2H3/t11?,12-,14?,16-/m1/s1. The molecule has 1 aromatic rings. The van der Waals surface area contributed by atoms with Crippen molar-refractivity contribution >= 4 is 5.97 Å². The molecule has 1 aliphatic carbocycles. The second-order valence-electron chi connectivity index (χ2n) is 5.97. The number of esters is 1. The SMILES string of the molecule is COC(=O)COCc1cc(C)cc2c1OC1C[C@H]3O[C@H]3C21. The van der Waals surface area contributed by atoms with Crippen molar-refractivity contribution < 1.29 is 23.7 Å². The minimum absolute atomic E-state index is 0.0418. The van der Waals surface area contributed by atoms with E-state index in [4.69, 9.17) is 14.2 Å². The van der Waals surface area contributed by atoms with E-state index in [1.165, 1.54) is 18.2 Å². The molecule has 5 heteroatoms. The predicted octanol–water partition coefficient (Wildman–Crippen LogP) is 1.70. The first-order valence-corrected chi connectivity index (χ1v) is 7.27. The number of fused-ring (bicyclic) bond motifs is 5. The van der Waals surface area contributed by atoms with Crippen LogP contribution in [-0.2, 0) is 25.6 Å². The molecule has 1 saturated carbocycles. The number of hydrogen-bond acceptors (Lipinski definition) is 5. The Hall–Kier alpha value is -1.59. The Balaban J connectivity index is 1.55. The number of methoxy groups -OCH3 is 1. The number of epoxide rings is 1. The fourth-order valence-corrected chi connectivity index (χ4v) is 3.58. The summed E-state index contributed by atoms with van der Waals surface area (Å²) in [6.45, 7) is 2.38. The highest BCUT2D eigenvalue weighted by atomic mass is 16.6. The van der Waals surface area contributed by atoms with Crippen LogP contribution >= 0.6 is 0 Å². The third-order valence-electron chi connectivity index (χ3n) is 4.51. The topological polar surface area (TPSA) is 57.3 Å². The molecule has 112 valence electrons. The van der Waals surface area contributed by atoms with E-state index in [2.05, 4.69) is 23.8 Å². The highest BCUT2D eigenvalue weighted by Gasteiger charge is 2.60. The summed E-state index contributed by atoms with van der Waals surface area (Å²) in [4.78, 5) is 11.1. The summed E-state index contributed by atoms with van der Waals surface area (Å²) in [5, 5.41) is 0. The maximum atomic E-state index is 11.1. The predicted molar refractivity (Wildman–Crippen MR) is 73.3 cm³/mol. The van der Waals surface area contributed by atoms with Crippen LogP contribution in [0.2, 0.25) is 0 Å². The van der Waals surface area contributed by atoms with Crippen molar-refractivity contribution in [3.63, 3.8) is 0 Å². The number of aryl methyl sites for hydroxylation is 1. The molecule has 4 rings (SSSR count). The van der Waals surface area contributed by atoms with Gasteiger partial charge in [-0.3, -0.25) is 0 Å². The lowest BCUT2D eigenvalue weighted by Gasteiger charge is -2.12. The van der Waals surface area contributed by atoms with Gasteiger partial charge in [0.25, 0.3) is 0 Å². The number of hydrogen-bond donors (Lipinski definition) is 0. The zero-order chi connectivity index (χ0) is 14.6. The summed E-state index contributed by atoms with van der Waals surface area (Å²) in [6, 6.07) is 4.25. The number of carbonyl (C=O) groups excluding carboxylic acids is 1. The Morgan fingerprint density at radius 3 is 3.05 bits per heavy atom. The zero-order valence-corrected chi connectivity index (χ0v) is 12.1. The van der Waals surface area contributed by atoms with Gasteiger partial charge in [0.2, 0.25) is 0 Å². The van der Waals surface area contributed by atoms with Crippen LogP contribution < -0.4 is 4.74 Å². The lowest BCUT2D eigenvalue weighted by atomic mass is 9.93. The quantitative estimate of drug-likeness (QED) is 0.624. The lowest BCUT2D eigenvalue weighted by molar-refractivity contribution is -0.146. The highest BCUT2D eigenvalue weighted by molar-refractivity contribution is 5.70. The van der Waals surface area contributed by atoms with Gasteiger partial charge in [-0.05, 0) is 6.92 Å². The first-order valence-electron chi connectivity index (χ1n) is 7.27. The zero-order valence-electron chi connectivity index (χ0n) is 12.1. The molecule has 0 aromatic heterocycles. The average molecular weight is 290 g/mol. The molecule has 0 radical (unpaired) electrons. The molecule has 0 spiro atoms. The first kappa shape index (κ1) is 13.1. The van der Waals surface area contributed by atoms with Crippen LogP contribution in [0.1, 0.15) is 29.0 Å². The van der Waals surface area contributed by atoms with Gasteiger partial charge in [0.05, 0.1) is 31.8 Å². The van der Waals surface area contributed by atoms with Crippen molar-refractivity contribution in [2.45, 2.75) is 44.2 Å². The van der Waals surface area contributed by atoms with Crippen molar-refractivity contribution in [2.75, 3.05) is 13.7 Å². The Morgan fingerprint density at radius 1 is 1.38 bits per heavy atom. The number of benzene rings is 1. The number of carbonyl (C=O) groups is 1. The maximum absolute atomic E-state index is 11.1. The van der Waals surface area contributed by atoms with E-state index in [0.29, 0.717) is 24.7 Å². The summed E-state index contributed by atoms with van der Waals surface area (Å²) in [7, 11) is 1.35. The molecule has 4 atom stereocenters. The Labute approximate surface area is 123 Å². The molecule has 2 heterocycles. The summed E-state index contributed by atoms with van der Waals surface area (Å²) >= 11 is 0. The number of ether oxygens (including phenoxy) is 4. The molecule has 21 heavy (non-hydrogen) atoms. The molecule has 1 saturated heterocycles. The summed E-state index contributed by atoms with van der Waals surface area (Å²) in [5.74, 6) is 0.921. The second-order valence-corrected chi connectivity index (χ2v) is 5.97. The van der Waals surface area contributed by atoms with Crippen LogP contribution in [0.5, 0.6) is 5.75 Å². The van der Waals surface area contributed by atoms with E-state index in [-0.39, 0.29) is 18.7 Å². The largest absolute Gasteiger partial charge is 0.489 e. The normalized spacial score (nSPS) is 31.1. The molecule has 0 N–H and O–H groups in total. The summed E-state index contributed by atoms with van der Waals surface area (Å²) < 4.78 is 21.8. The molecule has 2 aliphatic heterocycles. The molecule has 1 aromatic carbocycles. The van der Waals surface area contributed by atoms with Gasteiger partial charge in [0, 0.05) is 17.5 Å². The monoisotopic (exact) mass is 290 g/mol. The van der Waals surface area contributed by atoms with Crippen LogP contribution in [0.3, 0.4) is 0 Å². The van der Waals surface area contributed by atoms with Gasteiger partial charge in [-0.1, -0.05) is 17.7 Å². The van der Waals surface area contributed by atoms with Crippen LogP contribution in [0.25, 0.3) is 0 Å². The first-order chi connectivity index (χ1) is 10.2. The van der Waals surface area contributed by atoms with Crippen molar-refractivity contribution in [3.05, 3.63) is 28.8 Å². The van der Waals surface area contributed by atoms with E-state index < -0.39 is 0 Å². The number of rotatable bonds is 4. The fourth-order valence-electron chi connectivity index (χ4n) is 3.58. The van der Waals surface area contributed by atoms with E-state index in [9.17, 15) is 4.79 Å². The molecule has 2 unspecified atom stereocenters. The fraction of sp³-hybridized carbons (Fsp3) is 0.562. The minimum Gasteiger partial charge on any atom is -0.489 e. The van der Waals surface area contributed by atoms with Gasteiger partial charge in [0.15, 0.2) is 0 Å². The molecular weight excluding hydrogens is 272 g/mol. The average Bonchev–Trinajstić information content (AvgIpc) is 2.97. The van der Waals surface area contributed by atoms with Crippen molar-refractivity contribution in [2.24, 2.45) is 0 Å². The lowest BCUT2D eigenvalue weighted by Crippen LogP contribution is -2.17. The van der Waals surface area contributed by atoms with E-state index in [1.807, 2.05) is 0 Å². The Kier molecular flexibility index (Phi) is 2.94. The molecule has 0 amide bonds. The second kappa shape index (κ2) is 4.71. The van der Waals surface area contributed by atoms with Crippen LogP contribution in [0.4, 0.5) is 0 Å². The molecule has 5 nitrogen and oxygen atoms in total. The van der Waals surface area contributed by atoms with Gasteiger partial charge >= 0.3 is 5.97 Å². The maximum Gasteiger partial charge on any atom is 0.331 e. The molecule has 2 fully saturated rings. The van der Waals surface area contributed by atoms with Crippen molar-refractivity contribution in [3.8, 4) is 5.75 Å². The molecular formula is C16H18O5. The van der Waals surface area contributed by atoms with Gasteiger partial charge in [0.1, 0.15) is 18.5 Å². The van der Waals surface area contributed by atoms with Crippen LogP contribution in [0, 0.1) is 6.92 Å². The third kappa shape index (κ3) is 2.12. The van der Waals surface area contributed by atoms with Gasteiger partial charge in [-0.2, -0.15) is 0 Å². The Bertz CT molecular complexity index is 597. The van der Waals surface area contributed by atoms with E-state index in [1.54, 1.807) is 0 Å². The van der Waals surface area contributed by atoms with Gasteiger partial charge in [-0.25, -0.2) is 4.79 Å². The van der Waals surface area contributed by atoms with Crippen molar-refractivity contribution in [1.29, 1.82) is 0 Å². The Morgan fingerprint density at radius 2 is 2.24 bits per heavy atom. The third-order valence-corrected chi connectivity index (χ3v) is 4.51. The smallest absolute Gasteiger partial charge is 0.331 e. The summed E-state index contributed by atoms with van der Waals surface area (Å²) in [6.07, 6.45) is 1.95. The van der Waals surface area contributed by atoms with E-state index in [0.717, 1.165) is 17.7 Å². The van der Waals surface area contributed by atoms with Gasteiger partial charge < -0.3 is 18.9 Å². The van der Waals surface area contributed by atoms with Crippen LogP contribution in [0.15, 0.2) is 12.1 Å².